The van der Waals surface area contributed by atoms with Crippen LogP contribution >= 0.6 is 0 Å². The molecule has 7 nitrogen and oxygen atoms in total. The molecule has 0 saturated carbocycles. The van der Waals surface area contributed by atoms with Gasteiger partial charge < -0.3 is 14.8 Å². The first kappa shape index (κ1) is 20.5. The van der Waals surface area contributed by atoms with E-state index in [1.807, 2.05) is 0 Å². The van der Waals surface area contributed by atoms with Gasteiger partial charge in [-0.1, -0.05) is 6.07 Å². The molecule has 0 unspecified atom stereocenters. The summed E-state index contributed by atoms with van der Waals surface area (Å²) in [5, 5.41) is 2.63. The Balaban J connectivity index is 2.36. The van der Waals surface area contributed by atoms with Crippen LogP contribution in [0.5, 0.6) is 11.5 Å². The van der Waals surface area contributed by atoms with Crippen LogP contribution in [-0.2, 0) is 14.8 Å². The van der Waals surface area contributed by atoms with E-state index in [1.54, 1.807) is 18.2 Å². The van der Waals surface area contributed by atoms with Gasteiger partial charge in [0, 0.05) is 6.07 Å². The Kier molecular flexibility index (Phi) is 6.27. The molecule has 9 heteroatoms. The third kappa shape index (κ3) is 4.88. The summed E-state index contributed by atoms with van der Waals surface area (Å²) in [6.07, 6.45) is 0.952. The van der Waals surface area contributed by atoms with E-state index in [1.165, 1.54) is 39.3 Å². The predicted octanol–water partition coefficient (Wildman–Crippen LogP) is 2.64. The number of benzene rings is 2. The number of hydrogen-bond acceptors (Lipinski definition) is 5. The molecule has 0 heterocycles. The first-order chi connectivity index (χ1) is 12.7. The van der Waals surface area contributed by atoms with Crippen molar-refractivity contribution in [2.75, 3.05) is 30.1 Å². The van der Waals surface area contributed by atoms with Crippen LogP contribution in [0.4, 0.5) is 15.8 Å². The van der Waals surface area contributed by atoms with Gasteiger partial charge in [-0.3, -0.25) is 9.10 Å². The van der Waals surface area contributed by atoms with Crippen molar-refractivity contribution >= 4 is 27.3 Å². The van der Waals surface area contributed by atoms with Crippen LogP contribution in [0.15, 0.2) is 42.5 Å². The number of nitrogens with zero attached hydrogens (tertiary/aromatic N) is 1. The number of anilines is 2. The second-order valence-corrected chi connectivity index (χ2v) is 7.63. The maximum Gasteiger partial charge on any atom is 0.248 e. The van der Waals surface area contributed by atoms with E-state index in [0.29, 0.717) is 17.2 Å². The van der Waals surface area contributed by atoms with Crippen molar-refractivity contribution in [3.63, 3.8) is 0 Å². The first-order valence-electron chi connectivity index (χ1n) is 7.95. The lowest BCUT2D eigenvalue weighted by Crippen LogP contribution is -2.45. The number of sulfonamides is 1. The molecule has 0 bridgehead atoms. The number of carbonyl (C=O) groups excluding carboxylic acids is 1. The highest BCUT2D eigenvalue weighted by Crippen LogP contribution is 2.30. The van der Waals surface area contributed by atoms with Gasteiger partial charge in [0.1, 0.15) is 23.4 Å². The zero-order valence-corrected chi connectivity index (χ0v) is 16.2. The molecule has 0 spiro atoms. The molecule has 0 aliphatic carbocycles. The number of carbonyl (C=O) groups is 1. The fourth-order valence-corrected chi connectivity index (χ4v) is 3.74. The van der Waals surface area contributed by atoms with Gasteiger partial charge in [0.2, 0.25) is 15.9 Å². The van der Waals surface area contributed by atoms with Gasteiger partial charge in [-0.15, -0.1) is 0 Å². The van der Waals surface area contributed by atoms with Crippen molar-refractivity contribution in [2.45, 2.75) is 13.0 Å². The molecule has 0 aromatic heterocycles. The van der Waals surface area contributed by atoms with Crippen LogP contribution in [0.1, 0.15) is 6.92 Å². The minimum absolute atomic E-state index is 0.0535. The third-order valence-electron chi connectivity index (χ3n) is 3.82. The SMILES string of the molecule is COc1ccc(OC)c(NC(=O)[C@H](C)N(c2cccc(F)c2)S(C)(=O)=O)c1. The Labute approximate surface area is 157 Å². The summed E-state index contributed by atoms with van der Waals surface area (Å²) in [6.45, 7) is 1.41. The number of nitrogens with one attached hydrogen (secondary N) is 1. The number of halogens is 1. The van der Waals surface area contributed by atoms with Crippen LogP contribution in [0.25, 0.3) is 0 Å². The highest BCUT2D eigenvalue weighted by molar-refractivity contribution is 7.92. The fourth-order valence-electron chi connectivity index (χ4n) is 2.57. The third-order valence-corrected chi connectivity index (χ3v) is 5.06. The lowest BCUT2D eigenvalue weighted by atomic mass is 10.2. The maximum atomic E-state index is 13.6. The molecule has 0 fully saturated rings. The smallest absolute Gasteiger partial charge is 0.248 e. The lowest BCUT2D eigenvalue weighted by molar-refractivity contribution is -0.116. The molecule has 27 heavy (non-hydrogen) atoms. The van der Waals surface area contributed by atoms with Crippen LogP contribution in [0, 0.1) is 5.82 Å². The Morgan fingerprint density at radius 3 is 2.41 bits per heavy atom. The second kappa shape index (κ2) is 8.26. The van der Waals surface area contributed by atoms with E-state index in [4.69, 9.17) is 9.47 Å². The molecular weight excluding hydrogens is 375 g/mol. The van der Waals surface area contributed by atoms with Crippen molar-refractivity contribution < 1.29 is 27.1 Å². The van der Waals surface area contributed by atoms with Crippen LogP contribution in [0.2, 0.25) is 0 Å². The minimum Gasteiger partial charge on any atom is -0.497 e. The summed E-state index contributed by atoms with van der Waals surface area (Å²) in [5.74, 6) is -0.351. The summed E-state index contributed by atoms with van der Waals surface area (Å²) in [4.78, 5) is 12.7. The molecule has 0 aliphatic heterocycles. The standard InChI is InChI=1S/C18H21FN2O5S/c1-12(21(27(4,23)24)14-7-5-6-13(19)10-14)18(22)20-16-11-15(25-2)8-9-17(16)26-3/h5-12H,1-4H3,(H,20,22)/t12-/m0/s1. The molecule has 2 rings (SSSR count). The predicted molar refractivity (Wildman–Crippen MR) is 101 cm³/mol. The number of rotatable bonds is 7. The van der Waals surface area contributed by atoms with Gasteiger partial charge in [-0.05, 0) is 37.3 Å². The number of hydrogen-bond donors (Lipinski definition) is 1. The lowest BCUT2D eigenvalue weighted by Gasteiger charge is -2.28. The molecule has 1 N–H and O–H groups in total. The zero-order valence-electron chi connectivity index (χ0n) is 15.4. The molecule has 1 atom stereocenters. The van der Waals surface area contributed by atoms with Crippen molar-refractivity contribution in [2.24, 2.45) is 0 Å². The Morgan fingerprint density at radius 2 is 1.85 bits per heavy atom. The topological polar surface area (TPSA) is 84.9 Å². The van der Waals surface area contributed by atoms with E-state index in [-0.39, 0.29) is 5.69 Å². The average molecular weight is 396 g/mol. The normalized spacial score (nSPS) is 12.2. The number of methoxy groups -OCH3 is 2. The minimum atomic E-state index is -3.85. The van der Waals surface area contributed by atoms with E-state index in [0.717, 1.165) is 16.6 Å². The van der Waals surface area contributed by atoms with Gasteiger partial charge in [0.05, 0.1) is 31.9 Å². The molecule has 0 saturated heterocycles. The molecule has 146 valence electrons. The second-order valence-electron chi connectivity index (χ2n) is 5.77. The molecule has 2 aromatic rings. The van der Waals surface area contributed by atoms with Crippen molar-refractivity contribution in [3.05, 3.63) is 48.3 Å². The van der Waals surface area contributed by atoms with E-state index in [2.05, 4.69) is 5.32 Å². The van der Waals surface area contributed by atoms with Crippen molar-refractivity contribution in [3.8, 4) is 11.5 Å². The van der Waals surface area contributed by atoms with Gasteiger partial charge in [0.15, 0.2) is 0 Å². The monoisotopic (exact) mass is 396 g/mol. The fraction of sp³-hybridized carbons (Fsp3) is 0.278. The Morgan fingerprint density at radius 1 is 1.15 bits per heavy atom. The molecule has 0 aliphatic rings. The van der Waals surface area contributed by atoms with E-state index in [9.17, 15) is 17.6 Å². The van der Waals surface area contributed by atoms with Gasteiger partial charge >= 0.3 is 0 Å². The van der Waals surface area contributed by atoms with Crippen LogP contribution in [0.3, 0.4) is 0 Å². The Hall–Kier alpha value is -2.81. The van der Waals surface area contributed by atoms with Crippen LogP contribution < -0.4 is 19.1 Å². The summed E-state index contributed by atoms with van der Waals surface area (Å²) < 4.78 is 49.2. The Bertz CT molecular complexity index is 933. The average Bonchev–Trinajstić information content (AvgIpc) is 2.60. The largest absolute Gasteiger partial charge is 0.497 e. The van der Waals surface area contributed by atoms with Crippen LogP contribution in [-0.4, -0.2) is 40.8 Å². The highest BCUT2D eigenvalue weighted by Gasteiger charge is 2.30. The summed E-state index contributed by atoms with van der Waals surface area (Å²) in [6, 6.07) is 8.72. The van der Waals surface area contributed by atoms with Crippen molar-refractivity contribution in [1.82, 2.24) is 0 Å². The molecule has 0 radical (unpaired) electrons. The number of amides is 1. The quantitative estimate of drug-likeness (QED) is 0.778. The molecule has 1 amide bonds. The van der Waals surface area contributed by atoms with Gasteiger partial charge in [-0.25, -0.2) is 12.8 Å². The summed E-state index contributed by atoms with van der Waals surface area (Å²) in [7, 11) is -0.931. The summed E-state index contributed by atoms with van der Waals surface area (Å²) in [5.41, 5.74) is 0.374. The van der Waals surface area contributed by atoms with E-state index < -0.39 is 27.8 Å². The molecule has 2 aromatic carbocycles. The van der Waals surface area contributed by atoms with Gasteiger partial charge in [-0.2, -0.15) is 0 Å². The van der Waals surface area contributed by atoms with Gasteiger partial charge in [0.25, 0.3) is 0 Å². The highest BCUT2D eigenvalue weighted by atomic mass is 32.2. The molecular formula is C18H21FN2O5S. The first-order valence-corrected chi connectivity index (χ1v) is 9.80. The summed E-state index contributed by atoms with van der Waals surface area (Å²) >= 11 is 0. The zero-order chi connectivity index (χ0) is 20.2. The van der Waals surface area contributed by atoms with Crippen molar-refractivity contribution in [1.29, 1.82) is 0 Å². The van der Waals surface area contributed by atoms with E-state index >= 15 is 0 Å². The number of ether oxygens (including phenoxy) is 2. The maximum absolute atomic E-state index is 13.6.